The molecule has 0 aliphatic heterocycles. The van der Waals surface area contributed by atoms with E-state index in [1.165, 1.54) is 0 Å². The molecule has 4 aliphatic rings. The first-order valence-corrected chi connectivity index (χ1v) is 9.41. The van der Waals surface area contributed by atoms with E-state index in [1.807, 2.05) is 0 Å². The van der Waals surface area contributed by atoms with Crippen LogP contribution in [-0.4, -0.2) is 27.3 Å². The van der Waals surface area contributed by atoms with Gasteiger partial charge in [0.05, 0.1) is 21.6 Å². The van der Waals surface area contributed by atoms with Gasteiger partial charge < -0.3 is 4.84 Å². The van der Waals surface area contributed by atoms with Crippen LogP contribution in [0.1, 0.15) is 30.1 Å². The van der Waals surface area contributed by atoms with Gasteiger partial charge in [-0.15, -0.1) is 0 Å². The number of nitro groups is 2. The Bertz CT molecular complexity index is 1070. The average molecular weight is 411 g/mol. The first kappa shape index (κ1) is 19.6. The minimum Gasteiger partial charge on any atom is -0.312 e. The van der Waals surface area contributed by atoms with Gasteiger partial charge in [0.2, 0.25) is 0 Å². The topological polar surface area (TPSA) is 142 Å². The Balaban J connectivity index is 1.64. The van der Waals surface area contributed by atoms with E-state index >= 15 is 0 Å². The molecule has 1 fully saturated rings. The van der Waals surface area contributed by atoms with Crippen LogP contribution in [0.15, 0.2) is 47.2 Å². The Morgan fingerprint density at radius 3 is 2.37 bits per heavy atom. The summed E-state index contributed by atoms with van der Waals surface area (Å²) >= 11 is 0. The number of fused-ring (bicyclic) bond motifs is 1. The number of rotatable bonds is 4. The van der Waals surface area contributed by atoms with Crippen molar-refractivity contribution in [3.8, 4) is 0 Å². The van der Waals surface area contributed by atoms with Gasteiger partial charge in [0, 0.05) is 17.9 Å². The van der Waals surface area contributed by atoms with Crippen LogP contribution >= 0.6 is 0 Å². The van der Waals surface area contributed by atoms with Crippen molar-refractivity contribution in [3.05, 3.63) is 67.8 Å². The Morgan fingerprint density at radius 1 is 1.10 bits per heavy atom. The summed E-state index contributed by atoms with van der Waals surface area (Å²) in [4.78, 5) is 50.5. The second kappa shape index (κ2) is 7.29. The highest BCUT2D eigenvalue weighted by atomic mass is 16.7. The fourth-order valence-corrected chi connectivity index (χ4v) is 4.59. The van der Waals surface area contributed by atoms with E-state index in [2.05, 4.69) is 17.3 Å². The smallest absolute Gasteiger partial charge is 0.312 e. The maximum atomic E-state index is 12.7. The molecule has 4 aliphatic carbocycles. The van der Waals surface area contributed by atoms with Gasteiger partial charge in [0.1, 0.15) is 5.56 Å². The number of hydrogen-bond donors (Lipinski definition) is 0. The summed E-state index contributed by atoms with van der Waals surface area (Å²) in [6.07, 6.45) is 7.55. The fraction of sp³-hybridized carbons (Fsp3) is 0.350. The number of nitrogens with zero attached hydrogens (tertiary/aromatic N) is 3. The molecule has 5 rings (SSSR count). The summed E-state index contributed by atoms with van der Waals surface area (Å²) in [5.74, 6) is -1.25. The van der Waals surface area contributed by atoms with Crippen molar-refractivity contribution in [1.82, 2.24) is 0 Å². The number of oxime groups is 1. The van der Waals surface area contributed by atoms with Crippen molar-refractivity contribution in [2.45, 2.75) is 19.8 Å². The molecule has 0 spiro atoms. The number of ketones is 1. The molecule has 1 saturated carbocycles. The van der Waals surface area contributed by atoms with Crippen molar-refractivity contribution in [1.29, 1.82) is 0 Å². The number of benzene rings is 1. The van der Waals surface area contributed by atoms with Crippen molar-refractivity contribution >= 4 is 28.8 Å². The Kier molecular flexibility index (Phi) is 4.76. The molecule has 0 amide bonds. The third-order valence-electron chi connectivity index (χ3n) is 5.99. The van der Waals surface area contributed by atoms with E-state index < -0.39 is 32.8 Å². The third kappa shape index (κ3) is 3.19. The summed E-state index contributed by atoms with van der Waals surface area (Å²) < 4.78 is 0. The van der Waals surface area contributed by atoms with Crippen LogP contribution < -0.4 is 0 Å². The molecular weight excluding hydrogens is 394 g/mol. The maximum absolute atomic E-state index is 12.7. The number of nitro benzene ring substituents is 2. The predicted octanol–water partition coefficient (Wildman–Crippen LogP) is 3.37. The number of hydrogen-bond acceptors (Lipinski definition) is 8. The summed E-state index contributed by atoms with van der Waals surface area (Å²) in [5, 5.41) is 26.0. The number of non-ortho nitro benzene ring substituents is 1. The van der Waals surface area contributed by atoms with Crippen LogP contribution in [0.3, 0.4) is 0 Å². The minimum absolute atomic E-state index is 0.0651. The highest BCUT2D eigenvalue weighted by molar-refractivity contribution is 6.13. The lowest BCUT2D eigenvalue weighted by Crippen LogP contribution is -2.47. The van der Waals surface area contributed by atoms with Gasteiger partial charge in [0.15, 0.2) is 5.78 Å². The molecule has 0 N–H and O–H groups in total. The van der Waals surface area contributed by atoms with Gasteiger partial charge in [-0.25, -0.2) is 4.79 Å². The molecule has 0 aromatic heterocycles. The maximum Gasteiger partial charge on any atom is 0.372 e. The summed E-state index contributed by atoms with van der Waals surface area (Å²) in [7, 11) is 0. The van der Waals surface area contributed by atoms with E-state index in [-0.39, 0.29) is 29.5 Å². The second-order valence-corrected chi connectivity index (χ2v) is 7.64. The number of allylic oxidation sites excluding steroid dienone is 4. The van der Waals surface area contributed by atoms with E-state index in [9.17, 15) is 29.8 Å². The van der Waals surface area contributed by atoms with Gasteiger partial charge in [-0.2, -0.15) is 0 Å². The molecule has 0 radical (unpaired) electrons. The Labute approximate surface area is 170 Å². The molecule has 4 atom stereocenters. The van der Waals surface area contributed by atoms with Gasteiger partial charge in [-0.1, -0.05) is 17.3 Å². The molecule has 30 heavy (non-hydrogen) atoms. The lowest BCUT2D eigenvalue weighted by atomic mass is 9.57. The van der Waals surface area contributed by atoms with Crippen LogP contribution in [0, 0.1) is 43.9 Å². The standard InChI is InChI=1S/C20H17N3O7/c1-10-8-15(17-11-2-4-12(5-3-11)18(17)19(10)24)21-30-20(25)14-7-6-13(22(26)27)9-16(14)23(28)29/h2,4,6-9,11-12,17-18H,3,5H2,1H3/b21-15-/t11-,12-,17+,18-/m0/s1. The van der Waals surface area contributed by atoms with Crippen LogP contribution in [0.5, 0.6) is 0 Å². The van der Waals surface area contributed by atoms with Crippen molar-refractivity contribution in [2.24, 2.45) is 28.8 Å². The van der Waals surface area contributed by atoms with Crippen LogP contribution in [-0.2, 0) is 9.63 Å². The largest absolute Gasteiger partial charge is 0.372 e. The molecule has 154 valence electrons. The van der Waals surface area contributed by atoms with Crippen molar-refractivity contribution < 1.29 is 24.3 Å². The van der Waals surface area contributed by atoms with Gasteiger partial charge in [-0.05, 0) is 49.3 Å². The summed E-state index contributed by atoms with van der Waals surface area (Å²) in [6, 6.07) is 2.66. The zero-order valence-corrected chi connectivity index (χ0v) is 15.9. The van der Waals surface area contributed by atoms with Gasteiger partial charge in [-0.3, -0.25) is 25.0 Å². The monoisotopic (exact) mass is 411 g/mol. The lowest BCUT2D eigenvalue weighted by Gasteiger charge is -2.45. The normalized spacial score (nSPS) is 28.1. The molecule has 0 heterocycles. The van der Waals surface area contributed by atoms with E-state index in [0.29, 0.717) is 17.4 Å². The van der Waals surface area contributed by atoms with E-state index in [1.54, 1.807) is 13.0 Å². The number of Topliss-reactive ketones (excluding diaryl/α,β-unsaturated/α-hetero) is 1. The SMILES string of the molecule is CC1=C/C(=N/OC(=O)c2ccc([N+](=O)[O-])cc2[N+](=O)[O-])[C@@H]2[C@@H](C1=O)[C@H]1C=C[C@H]2CC1. The molecule has 0 unspecified atom stereocenters. The highest BCUT2D eigenvalue weighted by Crippen LogP contribution is 2.48. The van der Waals surface area contributed by atoms with Crippen LogP contribution in [0.2, 0.25) is 0 Å². The number of carbonyl (C=O) groups excluding carboxylic acids is 2. The quantitative estimate of drug-likeness (QED) is 0.320. The van der Waals surface area contributed by atoms with E-state index in [4.69, 9.17) is 4.84 Å². The highest BCUT2D eigenvalue weighted by Gasteiger charge is 2.48. The zero-order chi connectivity index (χ0) is 21.6. The van der Waals surface area contributed by atoms with Crippen molar-refractivity contribution in [2.75, 3.05) is 0 Å². The van der Waals surface area contributed by atoms with Gasteiger partial charge in [0.25, 0.3) is 11.4 Å². The minimum atomic E-state index is -1.10. The van der Waals surface area contributed by atoms with Crippen LogP contribution in [0.4, 0.5) is 11.4 Å². The Hall–Kier alpha value is -3.69. The number of carbonyl (C=O) groups is 2. The fourth-order valence-electron chi connectivity index (χ4n) is 4.59. The zero-order valence-electron chi connectivity index (χ0n) is 15.9. The molecule has 10 nitrogen and oxygen atoms in total. The second-order valence-electron chi connectivity index (χ2n) is 7.64. The third-order valence-corrected chi connectivity index (χ3v) is 5.99. The predicted molar refractivity (Wildman–Crippen MR) is 104 cm³/mol. The molecule has 2 bridgehead atoms. The summed E-state index contributed by atoms with van der Waals surface area (Å²) in [5.41, 5.74) is -0.717. The average Bonchev–Trinajstić information content (AvgIpc) is 2.74. The molecule has 0 saturated heterocycles. The molecule has 10 heteroatoms. The first-order valence-electron chi connectivity index (χ1n) is 9.41. The first-order chi connectivity index (χ1) is 14.3. The van der Waals surface area contributed by atoms with Gasteiger partial charge >= 0.3 is 5.97 Å². The molecule has 1 aromatic carbocycles. The molecule has 1 aromatic rings. The Morgan fingerprint density at radius 2 is 1.77 bits per heavy atom. The van der Waals surface area contributed by atoms with Crippen molar-refractivity contribution in [3.63, 3.8) is 0 Å². The molecular formula is C20H17N3O7. The van der Waals surface area contributed by atoms with E-state index in [0.717, 1.165) is 25.0 Å². The lowest BCUT2D eigenvalue weighted by molar-refractivity contribution is -0.394. The summed E-state index contributed by atoms with van der Waals surface area (Å²) in [6.45, 7) is 1.68. The van der Waals surface area contributed by atoms with Crippen LogP contribution in [0.25, 0.3) is 0 Å².